The van der Waals surface area contributed by atoms with E-state index in [9.17, 15) is 9.18 Å². The lowest BCUT2D eigenvalue weighted by molar-refractivity contribution is -0.0144. The van der Waals surface area contributed by atoms with Crippen molar-refractivity contribution in [2.24, 2.45) is 5.73 Å². The molecule has 0 saturated heterocycles. The zero-order chi connectivity index (χ0) is 21.1. The van der Waals surface area contributed by atoms with Gasteiger partial charge in [0.1, 0.15) is 11.8 Å². The molecular formula is C18H37FN2O7. The van der Waals surface area contributed by atoms with Crippen LogP contribution in [0.1, 0.15) is 20.8 Å². The Bertz CT molecular complexity index is 370. The highest BCUT2D eigenvalue weighted by Crippen LogP contribution is 2.05. The lowest BCUT2D eigenvalue weighted by Gasteiger charge is -2.19. The van der Waals surface area contributed by atoms with E-state index >= 15 is 0 Å². The third-order valence-electron chi connectivity index (χ3n) is 2.96. The van der Waals surface area contributed by atoms with E-state index in [0.717, 1.165) is 0 Å². The number of rotatable bonds is 18. The number of nitrogens with one attached hydrogen (secondary N) is 1. The summed E-state index contributed by atoms with van der Waals surface area (Å²) in [5, 5.41) is 2.61. The number of halogens is 1. The molecule has 0 fully saturated rings. The summed E-state index contributed by atoms with van der Waals surface area (Å²) in [4.78, 5) is 11.4. The zero-order valence-corrected chi connectivity index (χ0v) is 17.4. The number of ether oxygens (including phenoxy) is 6. The molecule has 1 amide bonds. The van der Waals surface area contributed by atoms with Crippen LogP contribution < -0.4 is 11.1 Å². The van der Waals surface area contributed by atoms with E-state index in [1.165, 1.54) is 0 Å². The Morgan fingerprint density at radius 1 is 0.857 bits per heavy atom. The monoisotopic (exact) mass is 412 g/mol. The number of nitrogens with two attached hydrogens (primary N) is 1. The van der Waals surface area contributed by atoms with Gasteiger partial charge >= 0.3 is 6.09 Å². The van der Waals surface area contributed by atoms with Crippen LogP contribution in [0.5, 0.6) is 0 Å². The molecule has 0 aromatic heterocycles. The van der Waals surface area contributed by atoms with E-state index in [1.54, 1.807) is 20.8 Å². The second-order valence-corrected chi connectivity index (χ2v) is 6.79. The van der Waals surface area contributed by atoms with Gasteiger partial charge in [0.15, 0.2) is 0 Å². The predicted molar refractivity (Wildman–Crippen MR) is 102 cm³/mol. The summed E-state index contributed by atoms with van der Waals surface area (Å²) in [6.07, 6.45) is -1.58. The fourth-order valence-corrected chi connectivity index (χ4v) is 1.70. The minimum Gasteiger partial charge on any atom is -0.444 e. The van der Waals surface area contributed by atoms with Crippen LogP contribution in [0.25, 0.3) is 0 Å². The molecule has 28 heavy (non-hydrogen) atoms. The lowest BCUT2D eigenvalue weighted by Crippen LogP contribution is -2.34. The molecule has 3 N–H and O–H groups in total. The van der Waals surface area contributed by atoms with Crippen LogP contribution in [0.3, 0.4) is 0 Å². The van der Waals surface area contributed by atoms with Crippen molar-refractivity contribution in [2.75, 3.05) is 79.2 Å². The molecule has 0 aliphatic carbocycles. The largest absolute Gasteiger partial charge is 0.444 e. The van der Waals surface area contributed by atoms with E-state index in [4.69, 9.17) is 34.2 Å². The highest BCUT2D eigenvalue weighted by Gasteiger charge is 2.15. The Hall–Kier alpha value is -1.04. The van der Waals surface area contributed by atoms with Crippen molar-refractivity contribution in [3.63, 3.8) is 0 Å². The van der Waals surface area contributed by atoms with E-state index in [2.05, 4.69) is 5.32 Å². The van der Waals surface area contributed by atoms with Crippen LogP contribution in [0, 0.1) is 0 Å². The minimum absolute atomic E-state index is 0.00232. The fourth-order valence-electron chi connectivity index (χ4n) is 1.70. The molecule has 168 valence electrons. The van der Waals surface area contributed by atoms with Crippen LogP contribution in [-0.2, 0) is 28.4 Å². The molecule has 0 aromatic rings. The highest BCUT2D eigenvalue weighted by atomic mass is 19.1. The molecule has 0 rings (SSSR count). The molecule has 0 saturated carbocycles. The van der Waals surface area contributed by atoms with Gasteiger partial charge in [-0.1, -0.05) is 0 Å². The van der Waals surface area contributed by atoms with E-state index in [-0.39, 0.29) is 13.2 Å². The fraction of sp³-hybridized carbons (Fsp3) is 0.944. The van der Waals surface area contributed by atoms with Crippen molar-refractivity contribution in [2.45, 2.75) is 32.5 Å². The molecule has 0 heterocycles. The van der Waals surface area contributed by atoms with Crippen molar-refractivity contribution < 1.29 is 37.6 Å². The van der Waals surface area contributed by atoms with E-state index in [1.807, 2.05) is 0 Å². The molecule has 0 aliphatic heterocycles. The summed E-state index contributed by atoms with van der Waals surface area (Å²) < 4.78 is 44.2. The Labute approximate surface area is 167 Å². The van der Waals surface area contributed by atoms with Gasteiger partial charge < -0.3 is 39.5 Å². The summed E-state index contributed by atoms with van der Waals surface area (Å²) in [7, 11) is 0. The topological polar surface area (TPSA) is 111 Å². The molecule has 0 radical (unpaired) electrons. The Morgan fingerprint density at radius 3 is 1.71 bits per heavy atom. The van der Waals surface area contributed by atoms with Crippen molar-refractivity contribution in [1.82, 2.24) is 5.32 Å². The van der Waals surface area contributed by atoms with Gasteiger partial charge in [0, 0.05) is 13.1 Å². The first kappa shape index (κ1) is 27.0. The smallest absolute Gasteiger partial charge is 0.407 e. The molecule has 0 spiro atoms. The van der Waals surface area contributed by atoms with Crippen molar-refractivity contribution in [1.29, 1.82) is 0 Å². The van der Waals surface area contributed by atoms with Gasteiger partial charge in [-0.15, -0.1) is 0 Å². The molecule has 0 aromatic carbocycles. The Balaban J connectivity index is 3.15. The van der Waals surface area contributed by atoms with Crippen LogP contribution in [0.15, 0.2) is 0 Å². The first-order valence-corrected chi connectivity index (χ1v) is 9.55. The zero-order valence-electron chi connectivity index (χ0n) is 17.4. The molecule has 1 unspecified atom stereocenters. The van der Waals surface area contributed by atoms with Gasteiger partial charge in [-0.2, -0.15) is 0 Å². The van der Waals surface area contributed by atoms with Gasteiger partial charge in [0.05, 0.1) is 66.1 Å². The maximum atomic E-state index is 12.7. The third-order valence-corrected chi connectivity index (χ3v) is 2.96. The number of carbonyl (C=O) groups is 1. The van der Waals surface area contributed by atoms with Crippen LogP contribution in [-0.4, -0.2) is 97.0 Å². The average molecular weight is 412 g/mol. The summed E-state index contributed by atoms with van der Waals surface area (Å²) in [5.41, 5.74) is 4.62. The SMILES string of the molecule is CC(C)(C)OC(=O)NCCOCCOCCOCCOCCOCC(F)CN. The second kappa shape index (κ2) is 18.0. The molecular weight excluding hydrogens is 375 g/mol. The number of amides is 1. The van der Waals surface area contributed by atoms with Gasteiger partial charge in [-0.25, -0.2) is 9.18 Å². The minimum atomic E-state index is -1.12. The quantitative estimate of drug-likeness (QED) is 0.319. The summed E-state index contributed by atoms with van der Waals surface area (Å²) >= 11 is 0. The number of alkyl carbamates (subject to hydrolysis) is 1. The number of alkyl halides is 1. The first-order valence-electron chi connectivity index (χ1n) is 9.55. The molecule has 0 aliphatic rings. The maximum Gasteiger partial charge on any atom is 0.407 e. The number of carbonyl (C=O) groups excluding carboxylic acids is 1. The molecule has 9 nitrogen and oxygen atoms in total. The Kier molecular flexibility index (Phi) is 17.3. The van der Waals surface area contributed by atoms with Gasteiger partial charge in [0.25, 0.3) is 0 Å². The van der Waals surface area contributed by atoms with Crippen LogP contribution in [0.4, 0.5) is 9.18 Å². The maximum absolute atomic E-state index is 12.7. The first-order chi connectivity index (χ1) is 13.3. The lowest BCUT2D eigenvalue weighted by atomic mass is 10.2. The van der Waals surface area contributed by atoms with Crippen molar-refractivity contribution in [3.8, 4) is 0 Å². The number of hydrogen-bond acceptors (Lipinski definition) is 8. The standard InChI is InChI=1S/C18H37FN2O7/c1-18(2,3)28-17(22)21-4-5-23-6-7-24-8-9-25-10-11-26-12-13-27-15-16(19)14-20/h16H,4-15,20H2,1-3H3,(H,21,22). The number of hydrogen-bond donors (Lipinski definition) is 2. The second-order valence-electron chi connectivity index (χ2n) is 6.79. The van der Waals surface area contributed by atoms with Crippen LogP contribution in [0.2, 0.25) is 0 Å². The molecule has 1 atom stereocenters. The van der Waals surface area contributed by atoms with Gasteiger partial charge in [-0.05, 0) is 20.8 Å². The molecule has 10 heteroatoms. The Morgan fingerprint density at radius 2 is 1.29 bits per heavy atom. The van der Waals surface area contributed by atoms with Crippen molar-refractivity contribution in [3.05, 3.63) is 0 Å². The van der Waals surface area contributed by atoms with Gasteiger partial charge in [0.2, 0.25) is 0 Å². The van der Waals surface area contributed by atoms with Crippen molar-refractivity contribution >= 4 is 6.09 Å². The predicted octanol–water partition coefficient (Wildman–Crippen LogP) is 0.891. The molecule has 0 bridgehead atoms. The summed E-state index contributed by atoms with van der Waals surface area (Å²) in [5.74, 6) is 0. The summed E-state index contributed by atoms with van der Waals surface area (Å²) in [6.45, 7) is 9.55. The van der Waals surface area contributed by atoms with E-state index in [0.29, 0.717) is 66.0 Å². The normalized spacial score (nSPS) is 12.8. The van der Waals surface area contributed by atoms with Crippen LogP contribution >= 0.6 is 0 Å². The average Bonchev–Trinajstić information content (AvgIpc) is 2.62. The summed E-state index contributed by atoms with van der Waals surface area (Å²) in [6, 6.07) is 0. The third kappa shape index (κ3) is 21.3. The van der Waals surface area contributed by atoms with Gasteiger partial charge in [-0.3, -0.25) is 0 Å². The van der Waals surface area contributed by atoms with E-state index < -0.39 is 17.9 Å². The highest BCUT2D eigenvalue weighted by molar-refractivity contribution is 5.67.